The van der Waals surface area contributed by atoms with E-state index in [1.165, 1.54) is 24.5 Å². The first kappa shape index (κ1) is 22.3. The van der Waals surface area contributed by atoms with Crippen molar-refractivity contribution in [2.24, 2.45) is 0 Å². The van der Waals surface area contributed by atoms with Gasteiger partial charge in [0.2, 0.25) is 5.88 Å². The highest BCUT2D eigenvalue weighted by molar-refractivity contribution is 5.91. The summed E-state index contributed by atoms with van der Waals surface area (Å²) < 4.78 is 45.0. The molecule has 0 bridgehead atoms. The molecule has 0 radical (unpaired) electrons. The molecule has 5 nitrogen and oxygen atoms in total. The van der Waals surface area contributed by atoms with Gasteiger partial charge in [0.25, 0.3) is 5.91 Å². The Morgan fingerprint density at radius 1 is 0.935 bits per heavy atom. The van der Waals surface area contributed by atoms with Crippen molar-refractivity contribution >= 4 is 5.91 Å². The lowest BCUT2D eigenvalue weighted by atomic mass is 9.83. The fourth-order valence-electron chi connectivity index (χ4n) is 2.72. The van der Waals surface area contributed by atoms with Crippen molar-refractivity contribution in [2.75, 3.05) is 0 Å². The van der Waals surface area contributed by atoms with E-state index in [4.69, 9.17) is 4.74 Å². The number of nitrogens with zero attached hydrogens (tertiary/aromatic N) is 2. The molecule has 162 valence electrons. The second kappa shape index (κ2) is 9.16. The smallest absolute Gasteiger partial charge is 0.397 e. The summed E-state index contributed by atoms with van der Waals surface area (Å²) in [5, 5.41) is 2.68. The van der Waals surface area contributed by atoms with E-state index in [2.05, 4.69) is 15.3 Å². The number of rotatable bonds is 7. The Morgan fingerprint density at radius 2 is 1.61 bits per heavy atom. The van der Waals surface area contributed by atoms with Crippen LogP contribution in [0.1, 0.15) is 41.0 Å². The normalized spacial score (nSPS) is 11.8. The number of alkyl halides is 3. The molecule has 1 N–H and O–H groups in total. The van der Waals surface area contributed by atoms with Crippen molar-refractivity contribution in [1.29, 1.82) is 0 Å². The number of hydrogen-bond acceptors (Lipinski definition) is 4. The summed E-state index contributed by atoms with van der Waals surface area (Å²) in [5.41, 5.74) is -0.0233. The van der Waals surface area contributed by atoms with Gasteiger partial charge in [-0.15, -0.1) is 0 Å². The highest BCUT2D eigenvalue weighted by Crippen LogP contribution is 2.40. The molecule has 1 amide bonds. The van der Waals surface area contributed by atoms with E-state index in [1.807, 2.05) is 30.3 Å². The predicted octanol–water partition coefficient (Wildman–Crippen LogP) is 4.83. The number of nitrogens with one attached hydrogen (secondary N) is 1. The number of carbonyl (C=O) groups excluding carboxylic acids is 1. The van der Waals surface area contributed by atoms with E-state index < -0.39 is 17.5 Å². The molecule has 0 fully saturated rings. The lowest BCUT2D eigenvalue weighted by molar-refractivity contribution is -0.180. The average molecular weight is 429 g/mol. The van der Waals surface area contributed by atoms with Gasteiger partial charge in [-0.3, -0.25) is 4.79 Å². The standard InChI is InChI=1S/C23H22F3N3O2/c1-22(2,23(24,25)26)18-10-8-16(9-11-18)12-29-21(30)19-13-28-20(14-27-19)31-15-17-6-4-3-5-7-17/h3-11,13-14H,12,15H2,1-2H3,(H,29,30). The summed E-state index contributed by atoms with van der Waals surface area (Å²) >= 11 is 0. The quantitative estimate of drug-likeness (QED) is 0.585. The highest BCUT2D eigenvalue weighted by atomic mass is 19.4. The van der Waals surface area contributed by atoms with Crippen LogP contribution in [0.2, 0.25) is 0 Å². The van der Waals surface area contributed by atoms with Gasteiger partial charge in [0.05, 0.1) is 17.8 Å². The van der Waals surface area contributed by atoms with Gasteiger partial charge in [-0.2, -0.15) is 13.2 Å². The fourth-order valence-corrected chi connectivity index (χ4v) is 2.72. The zero-order chi connectivity index (χ0) is 22.5. The first-order valence-corrected chi connectivity index (χ1v) is 9.60. The summed E-state index contributed by atoms with van der Waals surface area (Å²) in [7, 11) is 0. The van der Waals surface area contributed by atoms with E-state index in [1.54, 1.807) is 12.1 Å². The number of benzene rings is 2. The van der Waals surface area contributed by atoms with Gasteiger partial charge >= 0.3 is 6.18 Å². The Hall–Kier alpha value is -3.42. The highest BCUT2D eigenvalue weighted by Gasteiger charge is 2.48. The van der Waals surface area contributed by atoms with Crippen LogP contribution >= 0.6 is 0 Å². The van der Waals surface area contributed by atoms with Crippen LogP contribution in [-0.2, 0) is 18.6 Å². The Kier molecular flexibility index (Phi) is 6.58. The molecule has 0 aliphatic heterocycles. The maximum Gasteiger partial charge on any atom is 0.397 e. The van der Waals surface area contributed by atoms with Crippen molar-refractivity contribution in [3.63, 3.8) is 0 Å². The minimum Gasteiger partial charge on any atom is -0.472 e. The van der Waals surface area contributed by atoms with Gasteiger partial charge in [-0.05, 0) is 30.5 Å². The zero-order valence-corrected chi connectivity index (χ0v) is 17.1. The summed E-state index contributed by atoms with van der Waals surface area (Å²) in [6.07, 6.45) is -1.67. The molecule has 0 atom stereocenters. The molecule has 0 aliphatic carbocycles. The van der Waals surface area contributed by atoms with Gasteiger partial charge in [-0.1, -0.05) is 54.6 Å². The largest absolute Gasteiger partial charge is 0.472 e. The lowest BCUT2D eigenvalue weighted by Crippen LogP contribution is -2.36. The summed E-state index contributed by atoms with van der Waals surface area (Å²) in [6.45, 7) is 2.76. The fraction of sp³-hybridized carbons (Fsp3) is 0.261. The van der Waals surface area contributed by atoms with Crippen molar-refractivity contribution in [1.82, 2.24) is 15.3 Å². The molecule has 0 saturated heterocycles. The van der Waals surface area contributed by atoms with Gasteiger partial charge in [0.1, 0.15) is 12.3 Å². The van der Waals surface area contributed by atoms with E-state index >= 15 is 0 Å². The van der Waals surface area contributed by atoms with Crippen molar-refractivity contribution in [3.8, 4) is 5.88 Å². The Morgan fingerprint density at radius 3 is 2.19 bits per heavy atom. The van der Waals surface area contributed by atoms with Crippen LogP contribution in [0.3, 0.4) is 0 Å². The van der Waals surface area contributed by atoms with Crippen LogP contribution in [0.5, 0.6) is 5.88 Å². The lowest BCUT2D eigenvalue weighted by Gasteiger charge is -2.28. The molecular formula is C23H22F3N3O2. The topological polar surface area (TPSA) is 64.1 Å². The number of carbonyl (C=O) groups is 1. The number of aromatic nitrogens is 2. The molecule has 31 heavy (non-hydrogen) atoms. The van der Waals surface area contributed by atoms with Crippen molar-refractivity contribution < 1.29 is 22.7 Å². The summed E-state index contributed by atoms with van der Waals surface area (Å²) in [4.78, 5) is 20.4. The maximum atomic E-state index is 13.1. The monoisotopic (exact) mass is 429 g/mol. The van der Waals surface area contributed by atoms with Gasteiger partial charge in [0.15, 0.2) is 0 Å². The van der Waals surface area contributed by atoms with E-state index in [0.717, 1.165) is 19.4 Å². The van der Waals surface area contributed by atoms with E-state index in [-0.39, 0.29) is 17.8 Å². The molecule has 2 aromatic carbocycles. The summed E-state index contributed by atoms with van der Waals surface area (Å²) in [6, 6.07) is 15.5. The average Bonchev–Trinajstić information content (AvgIpc) is 2.76. The summed E-state index contributed by atoms with van der Waals surface area (Å²) in [5.74, 6) is -0.148. The van der Waals surface area contributed by atoms with Crippen LogP contribution in [0, 0.1) is 0 Å². The van der Waals surface area contributed by atoms with Gasteiger partial charge in [-0.25, -0.2) is 9.97 Å². The van der Waals surface area contributed by atoms with Crippen LogP contribution < -0.4 is 10.1 Å². The molecule has 0 saturated carbocycles. The first-order chi connectivity index (χ1) is 14.7. The third kappa shape index (κ3) is 5.59. The van der Waals surface area contributed by atoms with Crippen molar-refractivity contribution in [3.05, 3.63) is 89.4 Å². The van der Waals surface area contributed by atoms with Gasteiger partial charge < -0.3 is 10.1 Å². The molecule has 1 heterocycles. The van der Waals surface area contributed by atoms with Crippen LogP contribution in [-0.4, -0.2) is 22.1 Å². The van der Waals surface area contributed by atoms with Crippen molar-refractivity contribution in [2.45, 2.75) is 38.6 Å². The molecule has 1 aromatic heterocycles. The zero-order valence-electron chi connectivity index (χ0n) is 17.1. The van der Waals surface area contributed by atoms with Crippen LogP contribution in [0.4, 0.5) is 13.2 Å². The molecule has 8 heteroatoms. The van der Waals surface area contributed by atoms with E-state index in [0.29, 0.717) is 18.1 Å². The van der Waals surface area contributed by atoms with Crippen LogP contribution in [0.15, 0.2) is 67.0 Å². The predicted molar refractivity (Wildman–Crippen MR) is 109 cm³/mol. The number of halogens is 3. The molecule has 0 spiro atoms. The minimum atomic E-state index is -4.35. The maximum absolute atomic E-state index is 13.1. The van der Waals surface area contributed by atoms with Gasteiger partial charge in [0, 0.05) is 6.54 Å². The number of hydrogen-bond donors (Lipinski definition) is 1. The second-order valence-electron chi connectivity index (χ2n) is 7.52. The SMILES string of the molecule is CC(C)(c1ccc(CNC(=O)c2cnc(OCc3ccccc3)cn2)cc1)C(F)(F)F. The molecular weight excluding hydrogens is 407 g/mol. The Labute approximate surface area is 178 Å². The Balaban J connectivity index is 1.53. The number of amides is 1. The molecule has 0 aliphatic rings. The minimum absolute atomic E-state index is 0.113. The van der Waals surface area contributed by atoms with E-state index in [9.17, 15) is 18.0 Å². The molecule has 3 rings (SSSR count). The second-order valence-corrected chi connectivity index (χ2v) is 7.52. The third-order valence-electron chi connectivity index (χ3n) is 4.93. The Bertz CT molecular complexity index is 1000. The molecule has 3 aromatic rings. The molecule has 0 unspecified atom stereocenters. The third-order valence-corrected chi connectivity index (χ3v) is 4.93. The first-order valence-electron chi connectivity index (χ1n) is 9.60. The van der Waals surface area contributed by atoms with Crippen LogP contribution in [0.25, 0.3) is 0 Å². The number of ether oxygens (including phenoxy) is 1.